The lowest BCUT2D eigenvalue weighted by Gasteiger charge is -2.09. The number of hydrogen-bond donors (Lipinski definition) is 2. The second kappa shape index (κ2) is 6.49. The van der Waals surface area contributed by atoms with Gasteiger partial charge in [0, 0.05) is 0 Å². The monoisotopic (exact) mass is 239 g/mol. The van der Waals surface area contributed by atoms with E-state index in [4.69, 9.17) is 9.84 Å². The summed E-state index contributed by atoms with van der Waals surface area (Å²) in [5, 5.41) is 8.51. The molecule has 1 aromatic rings. The highest BCUT2D eigenvalue weighted by Crippen LogP contribution is 2.01. The minimum Gasteiger partial charge on any atom is -0.480 e. The molecule has 0 amide bonds. The van der Waals surface area contributed by atoms with Crippen LogP contribution in [0, 0.1) is 0 Å². The van der Waals surface area contributed by atoms with Crippen LogP contribution in [-0.2, 0) is 21.0 Å². The molecule has 0 heterocycles. The van der Waals surface area contributed by atoms with Gasteiger partial charge in [0.15, 0.2) is 0 Å². The van der Waals surface area contributed by atoms with E-state index in [1.54, 1.807) is 12.1 Å². The van der Waals surface area contributed by atoms with E-state index in [0.29, 0.717) is 0 Å². The number of benzene rings is 1. The number of ether oxygens (including phenoxy) is 1. The molecule has 0 saturated heterocycles. The second-order valence-electron chi connectivity index (χ2n) is 3.30. The van der Waals surface area contributed by atoms with Crippen molar-refractivity contribution in [1.82, 2.24) is 5.48 Å². The number of rotatable bonds is 5. The van der Waals surface area contributed by atoms with Gasteiger partial charge in [0.2, 0.25) is 0 Å². The molecule has 0 aliphatic carbocycles. The fraction of sp³-hybridized carbons (Fsp3) is 0.273. The third-order valence-electron chi connectivity index (χ3n) is 1.89. The normalized spacial score (nSPS) is 11.6. The molecule has 0 unspecified atom stereocenters. The summed E-state index contributed by atoms with van der Waals surface area (Å²) >= 11 is 0. The second-order valence-corrected chi connectivity index (χ2v) is 3.30. The summed E-state index contributed by atoms with van der Waals surface area (Å²) in [6.07, 6.45) is -0.970. The Kier molecular flexibility index (Phi) is 4.96. The molecule has 0 aromatic heterocycles. The molecule has 0 saturated carbocycles. The van der Waals surface area contributed by atoms with Crippen molar-refractivity contribution in [3.05, 3.63) is 35.9 Å². The van der Waals surface area contributed by atoms with E-state index in [1.165, 1.54) is 6.92 Å². The van der Waals surface area contributed by atoms with E-state index in [9.17, 15) is 9.59 Å². The first-order chi connectivity index (χ1) is 8.09. The summed E-state index contributed by atoms with van der Waals surface area (Å²) in [4.78, 5) is 25.8. The van der Waals surface area contributed by atoms with Crippen LogP contribution in [0.2, 0.25) is 0 Å². The van der Waals surface area contributed by atoms with Crippen molar-refractivity contribution in [2.45, 2.75) is 19.6 Å². The topological polar surface area (TPSA) is 84.9 Å². The fourth-order valence-corrected chi connectivity index (χ4v) is 0.933. The van der Waals surface area contributed by atoms with Crippen LogP contribution in [0.1, 0.15) is 12.5 Å². The molecule has 17 heavy (non-hydrogen) atoms. The quantitative estimate of drug-likeness (QED) is 0.595. The molecule has 92 valence electrons. The maximum atomic E-state index is 11.0. The van der Waals surface area contributed by atoms with Gasteiger partial charge < -0.3 is 14.7 Å². The molecule has 0 aliphatic heterocycles. The highest BCUT2D eigenvalue weighted by Gasteiger charge is 2.13. The molecule has 1 rings (SSSR count). The third kappa shape index (κ3) is 4.98. The van der Waals surface area contributed by atoms with Gasteiger partial charge in [0.25, 0.3) is 0 Å². The molecule has 6 heteroatoms. The molecule has 0 spiro atoms. The van der Waals surface area contributed by atoms with E-state index in [2.05, 4.69) is 4.84 Å². The standard InChI is InChI=1S/C11H13NO5/c1-8(10(13)14)12-17-11(15)16-7-9-5-3-2-4-6-9/h2-6,8,12H,7H2,1H3,(H,13,14)/t8-/m0/s1. The number of hydrogen-bond acceptors (Lipinski definition) is 5. The Morgan fingerprint density at radius 3 is 2.59 bits per heavy atom. The molecule has 0 aliphatic rings. The van der Waals surface area contributed by atoms with Crippen LogP contribution in [-0.4, -0.2) is 23.3 Å². The van der Waals surface area contributed by atoms with E-state index in [1.807, 2.05) is 23.7 Å². The first-order valence-corrected chi connectivity index (χ1v) is 4.95. The molecule has 2 N–H and O–H groups in total. The predicted octanol–water partition coefficient (Wildman–Crippen LogP) is 1.32. The Bertz CT molecular complexity index is 379. The molecule has 1 aromatic carbocycles. The van der Waals surface area contributed by atoms with Crippen LogP contribution in [0.4, 0.5) is 4.79 Å². The Hall–Kier alpha value is -2.08. The number of carbonyl (C=O) groups excluding carboxylic acids is 1. The lowest BCUT2D eigenvalue weighted by atomic mass is 10.2. The van der Waals surface area contributed by atoms with Crippen molar-refractivity contribution in [3.8, 4) is 0 Å². The van der Waals surface area contributed by atoms with E-state index in [0.717, 1.165) is 5.56 Å². The molecular weight excluding hydrogens is 226 g/mol. The molecule has 0 bridgehead atoms. The van der Waals surface area contributed by atoms with Crippen LogP contribution in [0.25, 0.3) is 0 Å². The summed E-state index contributed by atoms with van der Waals surface area (Å²) in [5.74, 6) is -1.12. The molecular formula is C11H13NO5. The zero-order valence-corrected chi connectivity index (χ0v) is 9.25. The van der Waals surface area contributed by atoms with E-state index < -0.39 is 18.2 Å². The zero-order chi connectivity index (χ0) is 12.7. The Labute approximate surface area is 98.1 Å². The van der Waals surface area contributed by atoms with Gasteiger partial charge in [-0.15, -0.1) is 5.48 Å². The maximum absolute atomic E-state index is 11.0. The molecule has 0 fully saturated rings. The molecule has 1 atom stereocenters. The largest absolute Gasteiger partial charge is 0.528 e. The number of aliphatic carboxylic acids is 1. The number of carboxylic acid groups (broad SMARTS) is 1. The van der Waals surface area contributed by atoms with Gasteiger partial charge in [0.1, 0.15) is 12.6 Å². The average Bonchev–Trinajstić information content (AvgIpc) is 2.34. The van der Waals surface area contributed by atoms with Crippen molar-refractivity contribution in [2.75, 3.05) is 0 Å². The number of carbonyl (C=O) groups is 2. The fourth-order valence-electron chi connectivity index (χ4n) is 0.933. The highest BCUT2D eigenvalue weighted by molar-refractivity contribution is 5.73. The van der Waals surface area contributed by atoms with Gasteiger partial charge in [-0.05, 0) is 12.5 Å². The Morgan fingerprint density at radius 1 is 1.35 bits per heavy atom. The lowest BCUT2D eigenvalue weighted by molar-refractivity contribution is -0.142. The van der Waals surface area contributed by atoms with Crippen LogP contribution < -0.4 is 5.48 Å². The summed E-state index contributed by atoms with van der Waals surface area (Å²) in [6.45, 7) is 1.41. The molecule has 6 nitrogen and oxygen atoms in total. The minimum absolute atomic E-state index is 0.0722. The predicted molar refractivity (Wildman–Crippen MR) is 57.9 cm³/mol. The van der Waals surface area contributed by atoms with Gasteiger partial charge in [-0.25, -0.2) is 4.79 Å². The summed E-state index contributed by atoms with van der Waals surface area (Å²) in [6, 6.07) is 8.07. The van der Waals surface area contributed by atoms with Gasteiger partial charge in [0.05, 0.1) is 0 Å². The van der Waals surface area contributed by atoms with Crippen molar-refractivity contribution in [3.63, 3.8) is 0 Å². The van der Waals surface area contributed by atoms with Crippen molar-refractivity contribution >= 4 is 12.1 Å². The van der Waals surface area contributed by atoms with Crippen LogP contribution in [0.3, 0.4) is 0 Å². The lowest BCUT2D eigenvalue weighted by Crippen LogP contribution is -2.35. The van der Waals surface area contributed by atoms with E-state index in [-0.39, 0.29) is 6.61 Å². The van der Waals surface area contributed by atoms with Gasteiger partial charge in [-0.3, -0.25) is 4.79 Å². The number of carboxylic acids is 1. The van der Waals surface area contributed by atoms with Crippen LogP contribution >= 0.6 is 0 Å². The molecule has 0 radical (unpaired) electrons. The van der Waals surface area contributed by atoms with Crippen molar-refractivity contribution in [2.24, 2.45) is 0 Å². The number of hydroxylamine groups is 1. The summed E-state index contributed by atoms with van der Waals surface area (Å²) in [7, 11) is 0. The smallest absolute Gasteiger partial charge is 0.480 e. The van der Waals surface area contributed by atoms with E-state index >= 15 is 0 Å². The van der Waals surface area contributed by atoms with Crippen LogP contribution in [0.15, 0.2) is 30.3 Å². The average molecular weight is 239 g/mol. The Balaban J connectivity index is 2.24. The summed E-state index contributed by atoms with van der Waals surface area (Å²) in [5.41, 5.74) is 2.86. The number of nitrogens with one attached hydrogen (secondary N) is 1. The first-order valence-electron chi connectivity index (χ1n) is 4.95. The van der Waals surface area contributed by atoms with Gasteiger partial charge in [-0.2, -0.15) is 0 Å². The first kappa shape index (κ1) is 13.0. The van der Waals surface area contributed by atoms with Gasteiger partial charge >= 0.3 is 12.1 Å². The SMILES string of the molecule is C[C@H](NOC(=O)OCc1ccccc1)C(=O)O. The third-order valence-corrected chi connectivity index (χ3v) is 1.89. The van der Waals surface area contributed by atoms with Crippen LogP contribution in [0.5, 0.6) is 0 Å². The minimum atomic E-state index is -1.12. The summed E-state index contributed by atoms with van der Waals surface area (Å²) < 4.78 is 4.74. The maximum Gasteiger partial charge on any atom is 0.528 e. The van der Waals surface area contributed by atoms with Crippen molar-refractivity contribution < 1.29 is 24.3 Å². The zero-order valence-electron chi connectivity index (χ0n) is 9.25. The van der Waals surface area contributed by atoms with Crippen molar-refractivity contribution in [1.29, 1.82) is 0 Å². The Morgan fingerprint density at radius 2 is 2.00 bits per heavy atom. The van der Waals surface area contributed by atoms with Gasteiger partial charge in [-0.1, -0.05) is 30.3 Å². The highest BCUT2D eigenvalue weighted by atomic mass is 16.8.